The molecule has 3 heterocycles. The number of ether oxygens (including phenoxy) is 1. The first-order valence-corrected chi connectivity index (χ1v) is 11.3. The van der Waals surface area contributed by atoms with E-state index in [1.54, 1.807) is 11.6 Å². The van der Waals surface area contributed by atoms with E-state index in [1.807, 2.05) is 48.5 Å². The number of benzene rings is 2. The zero-order chi connectivity index (χ0) is 24.3. The first kappa shape index (κ1) is 21.7. The summed E-state index contributed by atoms with van der Waals surface area (Å²) in [5, 5.41) is 30.8. The molecule has 0 saturated carbocycles. The highest BCUT2D eigenvalue weighted by Crippen LogP contribution is 2.51. The maximum atomic E-state index is 12.5. The van der Waals surface area contributed by atoms with Crippen LogP contribution in [0.3, 0.4) is 0 Å². The van der Waals surface area contributed by atoms with Gasteiger partial charge in [0.15, 0.2) is 5.60 Å². The van der Waals surface area contributed by atoms with Crippen LogP contribution in [-0.4, -0.2) is 47.5 Å². The number of aliphatic hydroxyl groups excluding tert-OH is 1. The van der Waals surface area contributed by atoms with E-state index < -0.39 is 35.2 Å². The average molecular weight is 473 g/mol. The Morgan fingerprint density at radius 1 is 1.11 bits per heavy atom. The predicted octanol–water partition coefficient (Wildman–Crippen LogP) is 1.22. The minimum atomic E-state index is -1.51. The zero-order valence-electron chi connectivity index (χ0n) is 18.8. The van der Waals surface area contributed by atoms with E-state index in [9.17, 15) is 19.8 Å². The van der Waals surface area contributed by atoms with Crippen LogP contribution in [0.25, 0.3) is 11.1 Å². The number of aryl methyl sites for hydroxylation is 1. The van der Waals surface area contributed by atoms with Crippen LogP contribution in [0.15, 0.2) is 70.5 Å². The number of aromatic nitrogens is 5. The van der Waals surface area contributed by atoms with Crippen molar-refractivity contribution in [3.63, 3.8) is 0 Å². The SMILES string of the molecule is Cc1cn([C@H]2C[C@H](n3nncc3C3(O)c4ccccc4-c4ccccc43)[C@@H](CO)O2)c(=O)[nH]c1=O. The lowest BCUT2D eigenvalue weighted by molar-refractivity contribution is -0.0331. The molecule has 0 bridgehead atoms. The van der Waals surface area contributed by atoms with E-state index in [2.05, 4.69) is 15.3 Å². The van der Waals surface area contributed by atoms with Gasteiger partial charge in [-0.1, -0.05) is 53.7 Å². The fourth-order valence-corrected chi connectivity index (χ4v) is 5.34. The molecule has 1 aliphatic carbocycles. The summed E-state index contributed by atoms with van der Waals surface area (Å²) in [6, 6.07) is 14.8. The molecule has 3 N–H and O–H groups in total. The monoisotopic (exact) mass is 473 g/mol. The molecule has 178 valence electrons. The second kappa shape index (κ2) is 7.84. The smallest absolute Gasteiger partial charge is 0.330 e. The van der Waals surface area contributed by atoms with E-state index in [1.165, 1.54) is 17.0 Å². The molecule has 2 aromatic carbocycles. The van der Waals surface area contributed by atoms with Crippen molar-refractivity contribution >= 4 is 0 Å². The molecule has 2 aliphatic rings. The van der Waals surface area contributed by atoms with Crippen molar-refractivity contribution in [1.82, 2.24) is 24.5 Å². The van der Waals surface area contributed by atoms with Gasteiger partial charge in [0.1, 0.15) is 12.3 Å². The molecule has 0 radical (unpaired) electrons. The van der Waals surface area contributed by atoms with Crippen molar-refractivity contribution < 1.29 is 14.9 Å². The molecule has 1 aliphatic heterocycles. The summed E-state index contributed by atoms with van der Waals surface area (Å²) in [5.41, 5.74) is 1.51. The number of nitrogens with one attached hydrogen (secondary N) is 1. The molecular formula is C25H23N5O5. The normalized spacial score (nSPS) is 22.2. The third-order valence-electron chi connectivity index (χ3n) is 7.02. The van der Waals surface area contributed by atoms with Crippen molar-refractivity contribution in [2.45, 2.75) is 37.3 Å². The molecule has 6 rings (SSSR count). The number of rotatable bonds is 4. The zero-order valence-corrected chi connectivity index (χ0v) is 18.8. The lowest BCUT2D eigenvalue weighted by Gasteiger charge is -2.28. The van der Waals surface area contributed by atoms with Crippen LogP contribution in [0.2, 0.25) is 0 Å². The maximum absolute atomic E-state index is 12.5. The van der Waals surface area contributed by atoms with E-state index in [4.69, 9.17) is 4.74 Å². The Morgan fingerprint density at radius 2 is 1.77 bits per heavy atom. The minimum absolute atomic E-state index is 0.270. The molecule has 4 aromatic rings. The summed E-state index contributed by atoms with van der Waals surface area (Å²) in [7, 11) is 0. The first-order chi connectivity index (χ1) is 16.9. The fraction of sp³-hybridized carbons (Fsp3) is 0.280. The van der Waals surface area contributed by atoms with Crippen LogP contribution in [-0.2, 0) is 10.3 Å². The van der Waals surface area contributed by atoms with Crippen molar-refractivity contribution in [3.05, 3.63) is 104 Å². The largest absolute Gasteiger partial charge is 0.394 e. The highest BCUT2D eigenvalue weighted by atomic mass is 16.5. The Hall–Kier alpha value is -3.86. The predicted molar refractivity (Wildman–Crippen MR) is 125 cm³/mol. The summed E-state index contributed by atoms with van der Waals surface area (Å²) in [4.78, 5) is 26.6. The van der Waals surface area contributed by atoms with E-state index in [0.29, 0.717) is 22.4 Å². The van der Waals surface area contributed by atoms with Gasteiger partial charge in [0, 0.05) is 29.3 Å². The molecule has 2 aromatic heterocycles. The van der Waals surface area contributed by atoms with Crippen molar-refractivity contribution in [2.24, 2.45) is 0 Å². The van der Waals surface area contributed by atoms with Crippen LogP contribution >= 0.6 is 0 Å². The van der Waals surface area contributed by atoms with Crippen molar-refractivity contribution in [2.75, 3.05) is 6.61 Å². The van der Waals surface area contributed by atoms with Gasteiger partial charge in [-0.05, 0) is 18.1 Å². The van der Waals surface area contributed by atoms with Gasteiger partial charge in [0.2, 0.25) is 0 Å². The highest BCUT2D eigenvalue weighted by Gasteiger charge is 2.48. The van der Waals surface area contributed by atoms with Crippen LogP contribution in [0, 0.1) is 6.92 Å². The van der Waals surface area contributed by atoms with Gasteiger partial charge in [0.05, 0.1) is 24.5 Å². The molecule has 10 heteroatoms. The summed E-state index contributed by atoms with van der Waals surface area (Å²) in [6.07, 6.45) is 1.79. The lowest BCUT2D eigenvalue weighted by Crippen LogP contribution is -2.34. The number of aliphatic hydroxyl groups is 2. The Balaban J connectivity index is 1.46. The highest BCUT2D eigenvalue weighted by molar-refractivity contribution is 5.81. The minimum Gasteiger partial charge on any atom is -0.394 e. The van der Waals surface area contributed by atoms with Gasteiger partial charge in [-0.3, -0.25) is 14.3 Å². The first-order valence-electron chi connectivity index (χ1n) is 11.3. The summed E-state index contributed by atoms with van der Waals surface area (Å²) in [6.45, 7) is 1.27. The van der Waals surface area contributed by atoms with Crippen LogP contribution in [0.5, 0.6) is 0 Å². The Bertz CT molecular complexity index is 1510. The Morgan fingerprint density at radius 3 is 2.43 bits per heavy atom. The van der Waals surface area contributed by atoms with Gasteiger partial charge in [-0.15, -0.1) is 5.10 Å². The molecule has 0 unspecified atom stereocenters. The third kappa shape index (κ3) is 3.07. The standard InChI is InChI=1S/C25H23N5O5/c1-14-12-29(24(33)27-23(14)32)22-10-19(20(13-31)35-22)30-21(11-26-28-30)25(34)17-8-4-2-6-15(17)16-7-3-5-9-18(16)25/h2-9,11-12,19-20,22,31,34H,10,13H2,1H3,(H,27,32,33)/t19-,20+,22+/m0/s1. The molecule has 35 heavy (non-hydrogen) atoms. The van der Waals surface area contributed by atoms with Gasteiger partial charge in [-0.2, -0.15) is 0 Å². The maximum Gasteiger partial charge on any atom is 0.330 e. The van der Waals surface area contributed by atoms with Gasteiger partial charge < -0.3 is 14.9 Å². The number of nitrogens with zero attached hydrogens (tertiary/aromatic N) is 4. The topological polar surface area (TPSA) is 135 Å². The molecule has 0 spiro atoms. The molecule has 1 fully saturated rings. The van der Waals surface area contributed by atoms with Gasteiger partial charge >= 0.3 is 5.69 Å². The molecule has 10 nitrogen and oxygen atoms in total. The Labute approximate surface area is 199 Å². The van der Waals surface area contributed by atoms with Gasteiger partial charge in [0.25, 0.3) is 5.56 Å². The number of hydrogen-bond acceptors (Lipinski definition) is 7. The van der Waals surface area contributed by atoms with E-state index in [-0.39, 0.29) is 13.0 Å². The number of H-pyrrole nitrogens is 1. The second-order valence-electron chi connectivity index (χ2n) is 8.96. The molecule has 1 saturated heterocycles. The summed E-state index contributed by atoms with van der Waals surface area (Å²) in [5.74, 6) is 0. The third-order valence-corrected chi connectivity index (χ3v) is 7.02. The second-order valence-corrected chi connectivity index (χ2v) is 8.96. The Kier molecular flexibility index (Phi) is 4.85. The van der Waals surface area contributed by atoms with Gasteiger partial charge in [-0.25, -0.2) is 9.48 Å². The fourth-order valence-electron chi connectivity index (χ4n) is 5.34. The van der Waals surface area contributed by atoms with Crippen molar-refractivity contribution in [3.8, 4) is 11.1 Å². The molecular weight excluding hydrogens is 450 g/mol. The van der Waals surface area contributed by atoms with E-state index >= 15 is 0 Å². The number of hydrogen-bond donors (Lipinski definition) is 3. The number of aromatic amines is 1. The van der Waals surface area contributed by atoms with Crippen LogP contribution in [0.1, 0.15) is 41.1 Å². The van der Waals surface area contributed by atoms with E-state index in [0.717, 1.165) is 11.1 Å². The van der Waals surface area contributed by atoms with Crippen LogP contribution < -0.4 is 11.2 Å². The van der Waals surface area contributed by atoms with Crippen molar-refractivity contribution in [1.29, 1.82) is 0 Å². The number of fused-ring (bicyclic) bond motifs is 3. The summed E-state index contributed by atoms with van der Waals surface area (Å²) >= 11 is 0. The quantitative estimate of drug-likeness (QED) is 0.406. The molecule has 3 atom stereocenters. The average Bonchev–Trinajstić information content (AvgIpc) is 3.58. The molecule has 0 amide bonds. The lowest BCUT2D eigenvalue weighted by atomic mass is 9.88. The van der Waals surface area contributed by atoms with Crippen LogP contribution in [0.4, 0.5) is 0 Å². The summed E-state index contributed by atoms with van der Waals surface area (Å²) < 4.78 is 8.92.